The molecule has 2 atom stereocenters. The van der Waals surface area contributed by atoms with Crippen molar-refractivity contribution in [2.75, 3.05) is 19.1 Å². The summed E-state index contributed by atoms with van der Waals surface area (Å²) in [5.74, 6) is -0.803. The molecule has 0 radical (unpaired) electrons. The van der Waals surface area contributed by atoms with Gasteiger partial charge in [0.15, 0.2) is 0 Å². The SMILES string of the molecule is COC(c1ccc(C(=O)NC(CCSC)C(=O)O)c(-c2ccccc2C)c1)c1cnc(C(C)(C)C)s1.[Li+]. The summed E-state index contributed by atoms with van der Waals surface area (Å²) in [5, 5.41) is 13.4. The van der Waals surface area contributed by atoms with Gasteiger partial charge in [-0.1, -0.05) is 51.1 Å². The number of aliphatic carboxylic acids is 1. The maximum absolute atomic E-state index is 13.3. The number of thiazole rings is 1. The van der Waals surface area contributed by atoms with E-state index in [4.69, 9.17) is 4.74 Å². The molecule has 3 rings (SSSR count). The second kappa shape index (κ2) is 13.6. The van der Waals surface area contributed by atoms with Crippen LogP contribution < -0.4 is 24.2 Å². The largest absolute Gasteiger partial charge is 1.00 e. The molecular formula is C28H34LiN2O4S2+. The summed E-state index contributed by atoms with van der Waals surface area (Å²) in [6, 6.07) is 12.5. The minimum absolute atomic E-state index is 0. The third-order valence-electron chi connectivity index (χ3n) is 5.90. The van der Waals surface area contributed by atoms with E-state index in [1.165, 1.54) is 0 Å². The Morgan fingerprint density at radius 1 is 1.16 bits per heavy atom. The number of hydrogen-bond donors (Lipinski definition) is 2. The molecule has 0 fully saturated rings. The summed E-state index contributed by atoms with van der Waals surface area (Å²) in [6.07, 6.45) is 3.78. The number of nitrogens with zero attached hydrogens (tertiary/aromatic N) is 1. The summed E-state index contributed by atoms with van der Waals surface area (Å²) in [4.78, 5) is 30.7. The molecule has 0 saturated heterocycles. The van der Waals surface area contributed by atoms with E-state index in [1.807, 2.05) is 55.8 Å². The summed E-state index contributed by atoms with van der Waals surface area (Å²) >= 11 is 3.17. The van der Waals surface area contributed by atoms with E-state index in [2.05, 4.69) is 31.1 Å². The second-order valence-corrected chi connectivity index (χ2v) is 11.7. The van der Waals surface area contributed by atoms with Crippen LogP contribution in [-0.4, -0.2) is 47.1 Å². The minimum atomic E-state index is -1.04. The van der Waals surface area contributed by atoms with Crippen molar-refractivity contribution >= 4 is 35.0 Å². The third-order valence-corrected chi connectivity index (χ3v) is 8.01. The molecule has 0 aliphatic carbocycles. The molecule has 0 aliphatic rings. The number of rotatable bonds is 10. The van der Waals surface area contributed by atoms with E-state index in [-0.39, 0.29) is 30.4 Å². The smallest absolute Gasteiger partial charge is 0.480 e. The number of methoxy groups -OCH3 is 1. The van der Waals surface area contributed by atoms with Crippen molar-refractivity contribution in [3.05, 3.63) is 75.2 Å². The molecule has 0 aliphatic heterocycles. The van der Waals surface area contributed by atoms with Crippen molar-refractivity contribution in [3.8, 4) is 11.1 Å². The Kier molecular flexibility index (Phi) is 11.5. The third kappa shape index (κ3) is 7.72. The molecule has 1 heterocycles. The summed E-state index contributed by atoms with van der Waals surface area (Å²) in [5.41, 5.74) is 3.93. The molecule has 2 aromatic carbocycles. The number of amides is 1. The summed E-state index contributed by atoms with van der Waals surface area (Å²) in [7, 11) is 1.67. The van der Waals surface area contributed by atoms with Gasteiger partial charge in [-0.25, -0.2) is 9.78 Å². The first-order valence-electron chi connectivity index (χ1n) is 11.8. The quantitative estimate of drug-likeness (QED) is 0.390. The average Bonchev–Trinajstić information content (AvgIpc) is 3.33. The number of thioether (sulfide) groups is 1. The zero-order valence-electron chi connectivity index (χ0n) is 22.6. The minimum Gasteiger partial charge on any atom is -0.480 e. The monoisotopic (exact) mass is 533 g/mol. The Hall–Kier alpha value is -2.08. The van der Waals surface area contributed by atoms with Crippen LogP contribution in [0.1, 0.15) is 64.7 Å². The van der Waals surface area contributed by atoms with Crippen LogP contribution in [0.25, 0.3) is 11.1 Å². The normalized spacial score (nSPS) is 12.9. The van der Waals surface area contributed by atoms with E-state index in [0.29, 0.717) is 17.7 Å². The van der Waals surface area contributed by atoms with Gasteiger partial charge in [-0.2, -0.15) is 11.8 Å². The maximum atomic E-state index is 13.3. The first-order valence-corrected chi connectivity index (χ1v) is 14.0. The Bertz CT molecular complexity index is 1220. The van der Waals surface area contributed by atoms with E-state index in [9.17, 15) is 14.7 Å². The van der Waals surface area contributed by atoms with E-state index < -0.39 is 17.9 Å². The van der Waals surface area contributed by atoms with Gasteiger partial charge in [0, 0.05) is 24.3 Å². The Labute approximate surface area is 239 Å². The van der Waals surface area contributed by atoms with Crippen LogP contribution in [0.3, 0.4) is 0 Å². The number of aromatic nitrogens is 1. The molecule has 0 spiro atoms. The van der Waals surface area contributed by atoms with Gasteiger partial charge in [0.1, 0.15) is 12.1 Å². The van der Waals surface area contributed by atoms with Gasteiger partial charge in [-0.05, 0) is 59.7 Å². The maximum Gasteiger partial charge on any atom is 1.00 e. The van der Waals surface area contributed by atoms with Crippen molar-refractivity contribution in [3.63, 3.8) is 0 Å². The number of carbonyl (C=O) groups is 2. The van der Waals surface area contributed by atoms with Crippen molar-refractivity contribution in [1.29, 1.82) is 0 Å². The van der Waals surface area contributed by atoms with Crippen molar-refractivity contribution in [1.82, 2.24) is 10.3 Å². The van der Waals surface area contributed by atoms with Gasteiger partial charge in [-0.3, -0.25) is 4.79 Å². The standard InChI is InChI=1S/C28H34N2O4S2.Li/c1-17-9-7-8-10-19(17)21-15-18(24(34-5)23-16-29-27(36-23)28(2,3)4)11-12-20(21)25(31)30-22(26(32)33)13-14-35-6;/h7-12,15-16,22,24H,13-14H2,1-6H3,(H,30,31)(H,32,33);/q;+1. The average molecular weight is 534 g/mol. The van der Waals surface area contributed by atoms with Crippen LogP contribution >= 0.6 is 23.1 Å². The predicted molar refractivity (Wildman–Crippen MR) is 148 cm³/mol. The zero-order chi connectivity index (χ0) is 26.5. The van der Waals surface area contributed by atoms with Gasteiger partial charge in [-0.15, -0.1) is 11.3 Å². The number of benzene rings is 2. The number of carboxylic acids is 1. The van der Waals surface area contributed by atoms with Crippen molar-refractivity contribution < 1.29 is 38.3 Å². The van der Waals surface area contributed by atoms with Crippen LogP contribution in [0.4, 0.5) is 0 Å². The molecule has 0 saturated carbocycles. The van der Waals surface area contributed by atoms with E-state index in [0.717, 1.165) is 32.1 Å². The Balaban J connectivity index is 0.00000481. The second-order valence-electron chi connectivity index (χ2n) is 9.70. The van der Waals surface area contributed by atoms with E-state index >= 15 is 0 Å². The molecule has 3 aromatic rings. The Morgan fingerprint density at radius 3 is 2.43 bits per heavy atom. The summed E-state index contributed by atoms with van der Waals surface area (Å²) < 4.78 is 5.90. The van der Waals surface area contributed by atoms with Crippen LogP contribution in [0.5, 0.6) is 0 Å². The molecule has 37 heavy (non-hydrogen) atoms. The number of nitrogens with one attached hydrogen (secondary N) is 1. The van der Waals surface area contributed by atoms with Crippen molar-refractivity contribution in [2.24, 2.45) is 0 Å². The molecular weight excluding hydrogens is 499 g/mol. The zero-order valence-corrected chi connectivity index (χ0v) is 24.3. The topological polar surface area (TPSA) is 88.5 Å². The predicted octanol–water partition coefficient (Wildman–Crippen LogP) is 3.09. The number of ether oxygens (including phenoxy) is 1. The van der Waals surface area contributed by atoms with Gasteiger partial charge < -0.3 is 15.2 Å². The fourth-order valence-electron chi connectivity index (χ4n) is 3.92. The number of aryl methyl sites for hydroxylation is 1. The molecule has 1 amide bonds. The molecule has 9 heteroatoms. The van der Waals surface area contributed by atoms with Crippen LogP contribution in [-0.2, 0) is 14.9 Å². The molecule has 6 nitrogen and oxygen atoms in total. The molecule has 2 unspecified atom stereocenters. The van der Waals surface area contributed by atoms with Gasteiger partial charge in [0.05, 0.1) is 9.88 Å². The number of carboxylic acid groups (broad SMARTS) is 1. The number of carbonyl (C=O) groups excluding carboxylic acids is 1. The first-order chi connectivity index (χ1) is 17.1. The van der Waals surface area contributed by atoms with Crippen LogP contribution in [0, 0.1) is 6.92 Å². The van der Waals surface area contributed by atoms with Gasteiger partial charge in [0.2, 0.25) is 0 Å². The molecule has 0 bridgehead atoms. The fourth-order valence-corrected chi connectivity index (χ4v) is 5.47. The van der Waals surface area contributed by atoms with Crippen LogP contribution in [0.2, 0.25) is 0 Å². The number of hydrogen-bond acceptors (Lipinski definition) is 6. The molecule has 192 valence electrons. The van der Waals surface area contributed by atoms with Gasteiger partial charge >= 0.3 is 24.8 Å². The van der Waals surface area contributed by atoms with Gasteiger partial charge in [0.25, 0.3) is 5.91 Å². The summed E-state index contributed by atoms with van der Waals surface area (Å²) in [6.45, 7) is 8.38. The van der Waals surface area contributed by atoms with Crippen LogP contribution in [0.15, 0.2) is 48.7 Å². The first kappa shape index (κ1) is 31.1. The molecule has 2 N–H and O–H groups in total. The molecule has 1 aromatic heterocycles. The van der Waals surface area contributed by atoms with Crippen molar-refractivity contribution in [2.45, 2.75) is 51.7 Å². The fraction of sp³-hybridized carbons (Fsp3) is 0.393. The Morgan fingerprint density at radius 2 is 1.86 bits per heavy atom. The van der Waals surface area contributed by atoms with E-state index in [1.54, 1.807) is 36.3 Å².